The first-order chi connectivity index (χ1) is 22.8. The second kappa shape index (κ2) is 17.9. The van der Waals surface area contributed by atoms with Gasteiger partial charge in [-0.15, -0.1) is 0 Å². The second-order valence-electron chi connectivity index (χ2n) is 12.1. The van der Waals surface area contributed by atoms with Crippen LogP contribution in [0, 0.1) is 0 Å². The third kappa shape index (κ3) is 10.7. The molecule has 3 amide bonds. The van der Waals surface area contributed by atoms with Crippen molar-refractivity contribution in [2.24, 2.45) is 11.5 Å². The fourth-order valence-corrected chi connectivity index (χ4v) is 5.52. The highest BCUT2D eigenvalue weighted by atomic mass is 16.5. The lowest BCUT2D eigenvalue weighted by molar-refractivity contribution is -0.139. The summed E-state index contributed by atoms with van der Waals surface area (Å²) in [5.41, 5.74) is 14.8. The molecule has 0 saturated carbocycles. The molecule has 248 valence electrons. The van der Waals surface area contributed by atoms with Crippen molar-refractivity contribution in [1.82, 2.24) is 15.5 Å². The molecule has 0 aliphatic heterocycles. The number of fused-ring (bicyclic) bond motifs is 1. The fraction of sp³-hybridized carbons (Fsp3) is 0.342. The molecule has 0 radical (unpaired) electrons. The van der Waals surface area contributed by atoms with Crippen molar-refractivity contribution in [3.8, 4) is 0 Å². The molecule has 0 aliphatic rings. The average Bonchev–Trinajstić information content (AvgIpc) is 3.09. The number of nitrogens with two attached hydrogens (primary N) is 2. The molecule has 0 unspecified atom stereocenters. The van der Waals surface area contributed by atoms with Crippen LogP contribution in [0.2, 0.25) is 0 Å². The number of rotatable bonds is 17. The van der Waals surface area contributed by atoms with Gasteiger partial charge in [0.1, 0.15) is 12.1 Å². The summed E-state index contributed by atoms with van der Waals surface area (Å²) in [5, 5.41) is 8.31. The van der Waals surface area contributed by atoms with Crippen LogP contribution in [0.5, 0.6) is 0 Å². The van der Waals surface area contributed by atoms with E-state index < -0.39 is 18.2 Å². The Bertz CT molecular complexity index is 1610. The average molecular weight is 638 g/mol. The number of nitrogens with one attached hydrogen (secondary N) is 2. The first kappa shape index (κ1) is 35.3. The van der Waals surface area contributed by atoms with Gasteiger partial charge in [-0.1, -0.05) is 84.9 Å². The van der Waals surface area contributed by atoms with Gasteiger partial charge in [-0.25, -0.2) is 0 Å². The van der Waals surface area contributed by atoms with Gasteiger partial charge >= 0.3 is 0 Å². The highest BCUT2D eigenvalue weighted by molar-refractivity contribution is 5.94. The zero-order valence-corrected chi connectivity index (χ0v) is 27.4. The Balaban J connectivity index is 1.57. The number of ether oxygens (including phenoxy) is 1. The summed E-state index contributed by atoms with van der Waals surface area (Å²) in [6, 6.07) is 30.0. The van der Waals surface area contributed by atoms with Crippen molar-refractivity contribution < 1.29 is 19.1 Å². The van der Waals surface area contributed by atoms with Crippen LogP contribution in [0.1, 0.15) is 46.3 Å². The van der Waals surface area contributed by atoms with Crippen LogP contribution in [0.15, 0.2) is 97.1 Å². The second-order valence-corrected chi connectivity index (χ2v) is 12.1. The Labute approximate surface area is 277 Å². The number of carbonyl (C=O) groups is 3. The molecule has 9 heteroatoms. The Morgan fingerprint density at radius 1 is 0.745 bits per heavy atom. The third-order valence-electron chi connectivity index (χ3n) is 8.11. The van der Waals surface area contributed by atoms with E-state index in [-0.39, 0.29) is 24.3 Å². The lowest BCUT2D eigenvalue weighted by Crippen LogP contribution is -2.51. The molecule has 0 spiro atoms. The van der Waals surface area contributed by atoms with Gasteiger partial charge in [0.15, 0.2) is 0 Å². The van der Waals surface area contributed by atoms with E-state index in [1.807, 2.05) is 60.7 Å². The number of hydrogen-bond donors (Lipinski definition) is 4. The molecule has 9 nitrogen and oxygen atoms in total. The summed E-state index contributed by atoms with van der Waals surface area (Å²) < 4.78 is 6.39. The summed E-state index contributed by atoms with van der Waals surface area (Å²) in [7, 11) is 3.34. The van der Waals surface area contributed by atoms with Gasteiger partial charge in [-0.3, -0.25) is 14.4 Å². The van der Waals surface area contributed by atoms with Gasteiger partial charge in [0.2, 0.25) is 11.8 Å². The van der Waals surface area contributed by atoms with E-state index >= 15 is 0 Å². The molecule has 0 aliphatic carbocycles. The maximum absolute atomic E-state index is 13.8. The number of benzene rings is 4. The van der Waals surface area contributed by atoms with E-state index in [9.17, 15) is 14.4 Å². The predicted octanol–water partition coefficient (Wildman–Crippen LogP) is 3.97. The van der Waals surface area contributed by atoms with Crippen LogP contribution in [-0.2, 0) is 33.7 Å². The largest absolute Gasteiger partial charge is 0.366 e. The summed E-state index contributed by atoms with van der Waals surface area (Å²) in [5.74, 6) is -0.821. The SMILES string of the molecule is CN(C)C(=O)[C@H](CCCCN)NC(=O)[C@@H](Cc1ccccc1)OC[C@@H](Cc1ccc2ccccc2c1)NC(=O)c1cccc(CN)c1. The molecule has 3 atom stereocenters. The maximum atomic E-state index is 13.8. The predicted molar refractivity (Wildman–Crippen MR) is 187 cm³/mol. The Kier molecular flexibility index (Phi) is 13.5. The molecule has 0 fully saturated rings. The first-order valence-electron chi connectivity index (χ1n) is 16.2. The number of unbranched alkanes of at least 4 members (excludes halogenated alkanes) is 1. The quantitative estimate of drug-likeness (QED) is 0.129. The molecular formula is C38H47N5O4. The minimum atomic E-state index is -0.902. The van der Waals surface area contributed by atoms with E-state index in [4.69, 9.17) is 16.2 Å². The van der Waals surface area contributed by atoms with Crippen molar-refractivity contribution in [2.75, 3.05) is 27.2 Å². The number of carbonyl (C=O) groups excluding carboxylic acids is 3. The smallest absolute Gasteiger partial charge is 0.251 e. The summed E-state index contributed by atoms with van der Waals surface area (Å²) in [4.78, 5) is 41.8. The summed E-state index contributed by atoms with van der Waals surface area (Å²) in [6.45, 7) is 0.904. The molecule has 6 N–H and O–H groups in total. The van der Waals surface area contributed by atoms with Gasteiger partial charge in [0, 0.05) is 32.6 Å². The lowest BCUT2D eigenvalue weighted by atomic mass is 10.0. The molecule has 0 saturated heterocycles. The monoisotopic (exact) mass is 637 g/mol. The van der Waals surface area contributed by atoms with Crippen LogP contribution < -0.4 is 22.1 Å². The normalized spacial score (nSPS) is 13.0. The van der Waals surface area contributed by atoms with Gasteiger partial charge in [0.25, 0.3) is 5.91 Å². The van der Waals surface area contributed by atoms with E-state index in [2.05, 4.69) is 34.9 Å². The zero-order chi connectivity index (χ0) is 33.6. The third-order valence-corrected chi connectivity index (χ3v) is 8.11. The lowest BCUT2D eigenvalue weighted by Gasteiger charge is -2.26. The van der Waals surface area contributed by atoms with Crippen LogP contribution in [0.3, 0.4) is 0 Å². The highest BCUT2D eigenvalue weighted by Crippen LogP contribution is 2.18. The molecular weight excluding hydrogens is 590 g/mol. The molecule has 4 aromatic rings. The van der Waals surface area contributed by atoms with Crippen molar-refractivity contribution >= 4 is 28.5 Å². The summed E-state index contributed by atoms with van der Waals surface area (Å²) in [6.07, 6.45) is 1.81. The van der Waals surface area contributed by atoms with E-state index in [0.29, 0.717) is 44.3 Å². The van der Waals surface area contributed by atoms with E-state index in [1.165, 1.54) is 4.90 Å². The Morgan fingerprint density at radius 2 is 1.47 bits per heavy atom. The summed E-state index contributed by atoms with van der Waals surface area (Å²) >= 11 is 0. The zero-order valence-electron chi connectivity index (χ0n) is 27.4. The molecule has 0 aromatic heterocycles. The first-order valence-corrected chi connectivity index (χ1v) is 16.2. The Morgan fingerprint density at radius 3 is 2.19 bits per heavy atom. The molecule has 0 bridgehead atoms. The van der Waals surface area contributed by atoms with Crippen LogP contribution in [-0.4, -0.2) is 68.1 Å². The van der Waals surface area contributed by atoms with Gasteiger partial charge in [-0.2, -0.15) is 0 Å². The number of likely N-dealkylation sites (N-methyl/N-ethyl adjacent to an activating group) is 1. The van der Waals surface area contributed by atoms with Gasteiger partial charge in [0.05, 0.1) is 12.6 Å². The minimum absolute atomic E-state index is 0.0690. The van der Waals surface area contributed by atoms with Crippen LogP contribution in [0.25, 0.3) is 10.8 Å². The van der Waals surface area contributed by atoms with Crippen LogP contribution >= 0.6 is 0 Å². The standard InChI is InChI=1S/C38H47N5O4/c1-43(2)38(46)34(17-8-9-20-39)42-37(45)35(24-27-11-4-3-5-12-27)47-26-33(41-36(44)32-16-10-13-29(22-32)25-40)23-28-18-19-30-14-6-7-15-31(30)21-28/h3-7,10-16,18-19,21-22,33-35H,8-9,17,20,23-26,39-40H2,1-2H3,(H,41,44)(H,42,45)/t33-,34+,35-/m1/s1. The van der Waals surface area contributed by atoms with Gasteiger partial charge < -0.3 is 31.7 Å². The molecule has 4 rings (SSSR count). The van der Waals surface area contributed by atoms with Gasteiger partial charge in [-0.05, 0) is 71.8 Å². The molecule has 4 aromatic carbocycles. The van der Waals surface area contributed by atoms with Crippen molar-refractivity contribution in [2.45, 2.75) is 56.8 Å². The maximum Gasteiger partial charge on any atom is 0.251 e. The number of nitrogens with zero attached hydrogens (tertiary/aromatic N) is 1. The number of hydrogen-bond acceptors (Lipinski definition) is 6. The number of amides is 3. The fourth-order valence-electron chi connectivity index (χ4n) is 5.52. The van der Waals surface area contributed by atoms with Crippen LogP contribution in [0.4, 0.5) is 0 Å². The van der Waals surface area contributed by atoms with E-state index in [0.717, 1.165) is 33.9 Å². The van der Waals surface area contributed by atoms with Crippen molar-refractivity contribution in [3.63, 3.8) is 0 Å². The topological polar surface area (TPSA) is 140 Å². The Hall–Kier alpha value is -4.57. The molecule has 47 heavy (non-hydrogen) atoms. The molecule has 0 heterocycles. The van der Waals surface area contributed by atoms with Crippen molar-refractivity contribution in [1.29, 1.82) is 0 Å². The van der Waals surface area contributed by atoms with E-state index in [1.54, 1.807) is 26.2 Å². The van der Waals surface area contributed by atoms with Crippen molar-refractivity contribution in [3.05, 3.63) is 119 Å². The minimum Gasteiger partial charge on any atom is -0.366 e. The highest BCUT2D eigenvalue weighted by Gasteiger charge is 2.28.